The van der Waals surface area contributed by atoms with E-state index in [2.05, 4.69) is 15.6 Å². The van der Waals surface area contributed by atoms with Crippen LogP contribution in [0.15, 0.2) is 59.6 Å². The van der Waals surface area contributed by atoms with Crippen LogP contribution in [0.3, 0.4) is 0 Å². The molecule has 2 N–H and O–H groups in total. The van der Waals surface area contributed by atoms with E-state index >= 15 is 0 Å². The van der Waals surface area contributed by atoms with Gasteiger partial charge in [-0.3, -0.25) is 4.79 Å². The molecule has 2 heterocycles. The standard InChI is InChI=1S/C21H15Cl2FN4O2S/c1-28-15-9-5-3-7-12(15)17(11-6-2-4-8-13(11)24)26-19(20(28)29)27-21(30)25-14-10-16(22)31-18(14)23/h2-10,19H,1H3,(H2,25,27,30). The van der Waals surface area contributed by atoms with Crippen molar-refractivity contribution in [1.29, 1.82) is 0 Å². The van der Waals surface area contributed by atoms with Crippen LogP contribution in [0, 0.1) is 5.82 Å². The molecule has 31 heavy (non-hydrogen) atoms. The van der Waals surface area contributed by atoms with Crippen LogP contribution in [0.1, 0.15) is 11.1 Å². The average molecular weight is 477 g/mol. The molecule has 0 spiro atoms. The average Bonchev–Trinajstić information content (AvgIpc) is 3.02. The second-order valence-corrected chi connectivity index (χ2v) is 8.90. The molecule has 10 heteroatoms. The molecule has 1 aromatic heterocycles. The number of nitrogens with zero attached hydrogens (tertiary/aromatic N) is 2. The van der Waals surface area contributed by atoms with Gasteiger partial charge in [0.15, 0.2) is 0 Å². The van der Waals surface area contributed by atoms with E-state index in [1.165, 1.54) is 17.0 Å². The number of benzene rings is 2. The number of carbonyl (C=O) groups excluding carboxylic acids is 2. The van der Waals surface area contributed by atoms with Crippen LogP contribution in [-0.2, 0) is 4.79 Å². The number of hydrogen-bond donors (Lipinski definition) is 2. The Morgan fingerprint density at radius 1 is 1.13 bits per heavy atom. The highest BCUT2D eigenvalue weighted by Gasteiger charge is 2.31. The summed E-state index contributed by atoms with van der Waals surface area (Å²) in [6, 6.07) is 14.0. The van der Waals surface area contributed by atoms with E-state index in [-0.39, 0.29) is 11.3 Å². The number of hydrogen-bond acceptors (Lipinski definition) is 4. The molecule has 1 unspecified atom stereocenters. The van der Waals surface area contributed by atoms with E-state index in [0.717, 1.165) is 11.3 Å². The zero-order chi connectivity index (χ0) is 22.1. The van der Waals surface area contributed by atoms with Crippen LogP contribution in [0.25, 0.3) is 0 Å². The molecule has 1 aliphatic rings. The lowest BCUT2D eigenvalue weighted by atomic mass is 10.00. The molecule has 2 aromatic carbocycles. The minimum absolute atomic E-state index is 0.220. The van der Waals surface area contributed by atoms with E-state index in [1.807, 2.05) is 0 Å². The number of rotatable bonds is 3. The Bertz CT molecular complexity index is 1210. The highest BCUT2D eigenvalue weighted by molar-refractivity contribution is 7.20. The molecule has 3 amide bonds. The van der Waals surface area contributed by atoms with Crippen molar-refractivity contribution in [2.24, 2.45) is 4.99 Å². The number of anilines is 2. The fourth-order valence-corrected chi connectivity index (χ4v) is 4.57. The third-order valence-electron chi connectivity index (χ3n) is 4.64. The Balaban J connectivity index is 1.73. The van der Waals surface area contributed by atoms with Crippen LogP contribution in [0.2, 0.25) is 8.67 Å². The summed E-state index contributed by atoms with van der Waals surface area (Å²) in [7, 11) is 1.57. The normalized spacial score (nSPS) is 15.7. The quantitative estimate of drug-likeness (QED) is 0.547. The van der Waals surface area contributed by atoms with Gasteiger partial charge in [0.05, 0.1) is 21.4 Å². The maximum absolute atomic E-state index is 14.6. The van der Waals surface area contributed by atoms with Crippen molar-refractivity contribution in [1.82, 2.24) is 5.32 Å². The first-order chi connectivity index (χ1) is 14.8. The first-order valence-electron chi connectivity index (χ1n) is 9.07. The summed E-state index contributed by atoms with van der Waals surface area (Å²) < 4.78 is 15.3. The van der Waals surface area contributed by atoms with Crippen molar-refractivity contribution >= 4 is 63.6 Å². The van der Waals surface area contributed by atoms with E-state index in [4.69, 9.17) is 23.2 Å². The van der Waals surface area contributed by atoms with Crippen LogP contribution >= 0.6 is 34.5 Å². The summed E-state index contributed by atoms with van der Waals surface area (Å²) in [5.74, 6) is -0.973. The summed E-state index contributed by atoms with van der Waals surface area (Å²) in [5.41, 5.74) is 1.91. The van der Waals surface area contributed by atoms with Crippen molar-refractivity contribution in [2.75, 3.05) is 17.3 Å². The number of carbonyl (C=O) groups is 2. The molecule has 4 rings (SSSR count). The van der Waals surface area contributed by atoms with Gasteiger partial charge < -0.3 is 15.5 Å². The number of amides is 3. The van der Waals surface area contributed by atoms with Crippen molar-refractivity contribution in [3.63, 3.8) is 0 Å². The number of benzodiazepines with no additional fused rings is 1. The number of nitrogens with one attached hydrogen (secondary N) is 2. The molecule has 3 aromatic rings. The first kappa shape index (κ1) is 21.3. The van der Waals surface area contributed by atoms with E-state index in [0.29, 0.717) is 25.6 Å². The van der Waals surface area contributed by atoms with Crippen LogP contribution < -0.4 is 15.5 Å². The molecule has 0 saturated carbocycles. The fourth-order valence-electron chi connectivity index (χ4n) is 3.19. The Morgan fingerprint density at radius 2 is 1.81 bits per heavy atom. The smallest absolute Gasteiger partial charge is 0.311 e. The van der Waals surface area contributed by atoms with E-state index in [1.54, 1.807) is 49.5 Å². The van der Waals surface area contributed by atoms with Crippen molar-refractivity contribution < 1.29 is 14.0 Å². The number of fused-ring (bicyclic) bond motifs is 1. The molecule has 0 radical (unpaired) electrons. The highest BCUT2D eigenvalue weighted by atomic mass is 35.5. The Labute approximate surface area is 191 Å². The molecular weight excluding hydrogens is 462 g/mol. The number of para-hydroxylation sites is 1. The lowest BCUT2D eigenvalue weighted by Crippen LogP contribution is -2.47. The van der Waals surface area contributed by atoms with Gasteiger partial charge in [0.1, 0.15) is 10.2 Å². The SMILES string of the molecule is CN1C(=O)C(NC(=O)Nc2cc(Cl)sc2Cl)N=C(c2ccccc2F)c2ccccc21. The highest BCUT2D eigenvalue weighted by Crippen LogP contribution is 2.35. The molecule has 158 valence electrons. The maximum atomic E-state index is 14.6. The predicted molar refractivity (Wildman–Crippen MR) is 122 cm³/mol. The minimum Gasteiger partial charge on any atom is -0.311 e. The number of aliphatic imine (C=N–C) groups is 1. The molecule has 0 bridgehead atoms. The van der Waals surface area contributed by atoms with Gasteiger partial charge >= 0.3 is 6.03 Å². The largest absolute Gasteiger partial charge is 0.321 e. The molecule has 0 aliphatic carbocycles. The Morgan fingerprint density at radius 3 is 2.48 bits per heavy atom. The van der Waals surface area contributed by atoms with Gasteiger partial charge in [-0.15, -0.1) is 11.3 Å². The molecule has 1 atom stereocenters. The summed E-state index contributed by atoms with van der Waals surface area (Å²) in [6.07, 6.45) is -1.29. The number of likely N-dealkylation sites (N-methyl/N-ethyl adjacent to an activating group) is 1. The van der Waals surface area contributed by atoms with Crippen LogP contribution in [-0.4, -0.2) is 30.9 Å². The topological polar surface area (TPSA) is 73.8 Å². The number of urea groups is 1. The van der Waals surface area contributed by atoms with Crippen molar-refractivity contribution in [3.05, 3.63) is 80.2 Å². The van der Waals surface area contributed by atoms with Crippen molar-refractivity contribution in [2.45, 2.75) is 6.17 Å². The van der Waals surface area contributed by atoms with Gasteiger partial charge in [-0.1, -0.05) is 53.5 Å². The van der Waals surface area contributed by atoms with Gasteiger partial charge in [-0.05, 0) is 24.3 Å². The Kier molecular flexibility index (Phi) is 5.95. The zero-order valence-electron chi connectivity index (χ0n) is 16.0. The van der Waals surface area contributed by atoms with Gasteiger partial charge in [0.2, 0.25) is 6.17 Å². The second-order valence-electron chi connectivity index (χ2n) is 6.61. The molecule has 6 nitrogen and oxygen atoms in total. The minimum atomic E-state index is -1.29. The second kappa shape index (κ2) is 8.66. The molecule has 0 fully saturated rings. The molecule has 1 aliphatic heterocycles. The summed E-state index contributed by atoms with van der Waals surface area (Å²) in [6.45, 7) is 0. The van der Waals surface area contributed by atoms with E-state index < -0.39 is 23.9 Å². The first-order valence-corrected chi connectivity index (χ1v) is 10.6. The van der Waals surface area contributed by atoms with Crippen LogP contribution in [0.5, 0.6) is 0 Å². The van der Waals surface area contributed by atoms with Crippen molar-refractivity contribution in [3.8, 4) is 0 Å². The maximum Gasteiger partial charge on any atom is 0.321 e. The third kappa shape index (κ3) is 4.27. The fraction of sp³-hybridized carbons (Fsp3) is 0.0952. The zero-order valence-corrected chi connectivity index (χ0v) is 18.4. The van der Waals surface area contributed by atoms with Gasteiger partial charge in [-0.2, -0.15) is 0 Å². The lowest BCUT2D eigenvalue weighted by Gasteiger charge is -2.20. The predicted octanol–water partition coefficient (Wildman–Crippen LogP) is 5.16. The van der Waals surface area contributed by atoms with Gasteiger partial charge in [0, 0.05) is 18.2 Å². The van der Waals surface area contributed by atoms with Crippen LogP contribution in [0.4, 0.5) is 20.6 Å². The van der Waals surface area contributed by atoms with Gasteiger partial charge in [0.25, 0.3) is 5.91 Å². The summed E-state index contributed by atoms with van der Waals surface area (Å²) in [5, 5.41) is 5.08. The lowest BCUT2D eigenvalue weighted by molar-refractivity contribution is -0.119. The molecular formula is C21H15Cl2FN4O2S. The summed E-state index contributed by atoms with van der Waals surface area (Å²) in [4.78, 5) is 31.4. The number of thiophene rings is 1. The monoisotopic (exact) mass is 476 g/mol. The summed E-state index contributed by atoms with van der Waals surface area (Å²) >= 11 is 13.0. The third-order valence-corrected chi connectivity index (χ3v) is 6.13. The Hall–Kier alpha value is -2.94. The van der Waals surface area contributed by atoms with E-state index in [9.17, 15) is 14.0 Å². The number of halogens is 3. The molecule has 0 saturated heterocycles. The van der Waals surface area contributed by atoms with Gasteiger partial charge in [-0.25, -0.2) is 14.2 Å².